The van der Waals surface area contributed by atoms with Crippen molar-refractivity contribution in [2.75, 3.05) is 13.6 Å². The molecule has 0 atom stereocenters. The molecule has 0 aromatic carbocycles. The van der Waals surface area contributed by atoms with Gasteiger partial charge in [0.1, 0.15) is 0 Å². The Morgan fingerprint density at radius 2 is 2.05 bits per heavy atom. The highest BCUT2D eigenvalue weighted by molar-refractivity contribution is 14.0. The van der Waals surface area contributed by atoms with E-state index in [0.717, 1.165) is 30.5 Å². The first kappa shape index (κ1) is 18.5. The largest absolute Gasteiger partial charge is 0.359 e. The minimum absolute atomic E-state index is 0. The molecule has 0 saturated carbocycles. The fraction of sp³-hybridized carbons (Fsp3) is 0.467. The first-order valence-electron chi connectivity index (χ1n) is 7.20. The van der Waals surface area contributed by atoms with Gasteiger partial charge in [0.15, 0.2) is 11.7 Å². The molecule has 22 heavy (non-hydrogen) atoms. The van der Waals surface area contributed by atoms with E-state index in [0.29, 0.717) is 12.5 Å². The van der Waals surface area contributed by atoms with Crippen molar-refractivity contribution in [1.82, 2.24) is 20.4 Å². The zero-order valence-corrected chi connectivity index (χ0v) is 15.6. The first-order chi connectivity index (χ1) is 10.2. The number of guanidine groups is 1. The van der Waals surface area contributed by atoms with E-state index in [2.05, 4.69) is 39.2 Å². The van der Waals surface area contributed by atoms with E-state index in [1.165, 1.54) is 0 Å². The van der Waals surface area contributed by atoms with Crippen LogP contribution in [-0.2, 0) is 13.1 Å². The third-order valence-corrected chi connectivity index (χ3v) is 3.15. The highest BCUT2D eigenvalue weighted by Crippen LogP contribution is 2.13. The van der Waals surface area contributed by atoms with Crippen LogP contribution in [0.3, 0.4) is 0 Å². The van der Waals surface area contributed by atoms with E-state index in [9.17, 15) is 0 Å². The Morgan fingerprint density at radius 1 is 1.32 bits per heavy atom. The molecule has 2 N–H and O–H groups in total. The Balaban J connectivity index is 0.00000242. The molecule has 0 aliphatic rings. The molecule has 122 valence electrons. The van der Waals surface area contributed by atoms with Crippen LogP contribution in [0.25, 0.3) is 0 Å². The number of nitrogens with zero attached hydrogens (tertiary/aromatic N) is 3. The predicted octanol–water partition coefficient (Wildman–Crippen LogP) is 2.58. The van der Waals surface area contributed by atoms with Gasteiger partial charge in [0, 0.05) is 38.6 Å². The van der Waals surface area contributed by atoms with Crippen LogP contribution in [0.1, 0.15) is 31.2 Å². The van der Waals surface area contributed by atoms with Crippen LogP contribution in [0.15, 0.2) is 40.1 Å². The molecule has 6 nitrogen and oxygen atoms in total. The molecule has 0 aliphatic carbocycles. The van der Waals surface area contributed by atoms with Crippen LogP contribution >= 0.6 is 24.0 Å². The standard InChI is InChI=1S/C15H23N5O.HI/c1-12(2)14-10-13(21-19-14)11-18-15(16-3)17-6-9-20-7-4-5-8-20;/h4-5,7-8,10,12H,6,9,11H2,1-3H3,(H2,16,17,18);1H. The summed E-state index contributed by atoms with van der Waals surface area (Å²) in [5, 5.41) is 10.5. The van der Waals surface area contributed by atoms with Crippen molar-refractivity contribution < 1.29 is 4.52 Å². The van der Waals surface area contributed by atoms with Crippen molar-refractivity contribution in [3.63, 3.8) is 0 Å². The van der Waals surface area contributed by atoms with E-state index in [1.54, 1.807) is 7.05 Å². The van der Waals surface area contributed by atoms with Gasteiger partial charge in [-0.05, 0) is 18.1 Å². The van der Waals surface area contributed by atoms with Crippen LogP contribution in [0.5, 0.6) is 0 Å². The molecule has 7 heteroatoms. The number of rotatable bonds is 6. The normalized spacial score (nSPS) is 11.4. The SMILES string of the molecule is CN=C(NCCn1cccc1)NCc1cc(C(C)C)no1.I. The Bertz CT molecular complexity index is 562. The van der Waals surface area contributed by atoms with Crippen molar-refractivity contribution in [3.05, 3.63) is 42.0 Å². The molecule has 2 rings (SSSR count). The molecule has 0 aliphatic heterocycles. The minimum Gasteiger partial charge on any atom is -0.359 e. The Labute approximate surface area is 148 Å². The monoisotopic (exact) mass is 417 g/mol. The first-order valence-corrected chi connectivity index (χ1v) is 7.20. The van der Waals surface area contributed by atoms with E-state index in [4.69, 9.17) is 4.52 Å². The van der Waals surface area contributed by atoms with Crippen molar-refractivity contribution in [3.8, 4) is 0 Å². The lowest BCUT2D eigenvalue weighted by molar-refractivity contribution is 0.372. The summed E-state index contributed by atoms with van der Waals surface area (Å²) in [7, 11) is 1.75. The maximum atomic E-state index is 5.28. The van der Waals surface area contributed by atoms with Gasteiger partial charge in [-0.25, -0.2) is 0 Å². The summed E-state index contributed by atoms with van der Waals surface area (Å²) >= 11 is 0. The zero-order valence-electron chi connectivity index (χ0n) is 13.2. The van der Waals surface area contributed by atoms with Crippen molar-refractivity contribution in [2.24, 2.45) is 4.99 Å². The molecular weight excluding hydrogens is 393 g/mol. The van der Waals surface area contributed by atoms with Gasteiger partial charge in [-0.2, -0.15) is 0 Å². The topological polar surface area (TPSA) is 67.4 Å². The third-order valence-electron chi connectivity index (χ3n) is 3.15. The Morgan fingerprint density at radius 3 is 2.64 bits per heavy atom. The van der Waals surface area contributed by atoms with Gasteiger partial charge in [0.05, 0.1) is 12.2 Å². The molecule has 0 saturated heterocycles. The van der Waals surface area contributed by atoms with Crippen LogP contribution < -0.4 is 10.6 Å². The van der Waals surface area contributed by atoms with E-state index in [1.807, 2.05) is 30.6 Å². The lowest BCUT2D eigenvalue weighted by Gasteiger charge is -2.11. The molecule has 0 spiro atoms. The molecule has 0 bridgehead atoms. The summed E-state index contributed by atoms with van der Waals surface area (Å²) < 4.78 is 7.40. The fourth-order valence-corrected chi connectivity index (χ4v) is 1.90. The number of aromatic nitrogens is 2. The summed E-state index contributed by atoms with van der Waals surface area (Å²) in [5.41, 5.74) is 0.974. The maximum Gasteiger partial charge on any atom is 0.191 e. The van der Waals surface area contributed by atoms with Crippen LogP contribution in [-0.4, -0.2) is 29.3 Å². The van der Waals surface area contributed by atoms with Crippen molar-refractivity contribution in [2.45, 2.75) is 32.9 Å². The summed E-state index contributed by atoms with van der Waals surface area (Å²) in [4.78, 5) is 4.19. The number of hydrogen-bond donors (Lipinski definition) is 2. The molecule has 0 unspecified atom stereocenters. The minimum atomic E-state index is 0. The molecule has 0 radical (unpaired) electrons. The Kier molecular flexibility index (Phi) is 8.00. The summed E-state index contributed by atoms with van der Waals surface area (Å²) in [6, 6.07) is 6.01. The van der Waals surface area contributed by atoms with Crippen molar-refractivity contribution >= 4 is 29.9 Å². The second-order valence-corrected chi connectivity index (χ2v) is 5.15. The van der Waals surface area contributed by atoms with Gasteiger partial charge in [-0.15, -0.1) is 24.0 Å². The number of halogens is 1. The Hall–Kier alpha value is -1.51. The second kappa shape index (κ2) is 9.50. The fourth-order valence-electron chi connectivity index (χ4n) is 1.90. The molecule has 0 amide bonds. The van der Waals surface area contributed by atoms with Gasteiger partial charge >= 0.3 is 0 Å². The quantitative estimate of drug-likeness (QED) is 0.431. The molecule has 2 aromatic heterocycles. The smallest absolute Gasteiger partial charge is 0.191 e. The predicted molar refractivity (Wildman–Crippen MR) is 98.6 cm³/mol. The van der Waals surface area contributed by atoms with Crippen LogP contribution in [0.4, 0.5) is 0 Å². The van der Waals surface area contributed by atoms with Crippen molar-refractivity contribution in [1.29, 1.82) is 0 Å². The van der Waals surface area contributed by atoms with Gasteiger partial charge in [0.2, 0.25) is 0 Å². The summed E-state index contributed by atoms with van der Waals surface area (Å²) in [6.07, 6.45) is 4.08. The summed E-state index contributed by atoms with van der Waals surface area (Å²) in [6.45, 7) is 6.46. The third kappa shape index (κ3) is 5.70. The van der Waals surface area contributed by atoms with Crippen LogP contribution in [0, 0.1) is 0 Å². The van der Waals surface area contributed by atoms with E-state index in [-0.39, 0.29) is 24.0 Å². The van der Waals surface area contributed by atoms with Gasteiger partial charge in [0.25, 0.3) is 0 Å². The number of aliphatic imine (C=N–C) groups is 1. The zero-order chi connectivity index (χ0) is 15.1. The second-order valence-electron chi connectivity index (χ2n) is 5.15. The van der Waals surface area contributed by atoms with Gasteiger partial charge in [-0.1, -0.05) is 19.0 Å². The molecular formula is C15H24IN5O. The molecule has 2 heterocycles. The average molecular weight is 417 g/mol. The van der Waals surface area contributed by atoms with Crippen LogP contribution in [0.2, 0.25) is 0 Å². The highest BCUT2D eigenvalue weighted by atomic mass is 127. The molecule has 0 fully saturated rings. The van der Waals surface area contributed by atoms with E-state index >= 15 is 0 Å². The van der Waals surface area contributed by atoms with Gasteiger partial charge < -0.3 is 19.7 Å². The maximum absolute atomic E-state index is 5.28. The van der Waals surface area contributed by atoms with E-state index < -0.39 is 0 Å². The highest BCUT2D eigenvalue weighted by Gasteiger charge is 2.07. The average Bonchev–Trinajstić information content (AvgIpc) is 3.13. The number of nitrogens with one attached hydrogen (secondary N) is 2. The van der Waals surface area contributed by atoms with Gasteiger partial charge in [-0.3, -0.25) is 4.99 Å². The summed E-state index contributed by atoms with van der Waals surface area (Å²) in [5.74, 6) is 1.94. The molecule has 2 aromatic rings. The lowest BCUT2D eigenvalue weighted by Crippen LogP contribution is -2.38. The number of hydrogen-bond acceptors (Lipinski definition) is 3. The lowest BCUT2D eigenvalue weighted by atomic mass is 10.1.